The van der Waals surface area contributed by atoms with Crippen molar-refractivity contribution in [3.8, 4) is 0 Å². The van der Waals surface area contributed by atoms with E-state index in [-0.39, 0.29) is 5.78 Å². The summed E-state index contributed by atoms with van der Waals surface area (Å²) in [6.45, 7) is 8.11. The highest BCUT2D eigenvalue weighted by atomic mass is 32.2. The number of Topliss-reactive ketones (excluding diaryl/α,β-unsaturated/α-hetero) is 1. The summed E-state index contributed by atoms with van der Waals surface area (Å²) in [6, 6.07) is 3.70. The normalized spacial score (nSPS) is 19.4. The molecule has 0 atom stereocenters. The standard InChI is InChI=1S/C14H20N2OS/c1-11(17)12-5-4-7-15-13(12)16-8-6-14(2,3)18-10-9-16/h4-5,7H,6,8-10H2,1-3H3. The molecule has 1 saturated heterocycles. The molecule has 1 fully saturated rings. The fraction of sp³-hybridized carbons (Fsp3) is 0.571. The number of anilines is 1. The van der Waals surface area contributed by atoms with Crippen LogP contribution in [0.15, 0.2) is 18.3 Å². The molecular weight excluding hydrogens is 244 g/mol. The number of aromatic nitrogens is 1. The number of nitrogens with zero attached hydrogens (tertiary/aromatic N) is 2. The van der Waals surface area contributed by atoms with Gasteiger partial charge in [-0.05, 0) is 25.5 Å². The molecule has 1 aliphatic rings. The van der Waals surface area contributed by atoms with Gasteiger partial charge in [-0.15, -0.1) is 0 Å². The van der Waals surface area contributed by atoms with Gasteiger partial charge in [0.2, 0.25) is 0 Å². The molecule has 0 N–H and O–H groups in total. The third kappa shape index (κ3) is 3.05. The van der Waals surface area contributed by atoms with Crippen molar-refractivity contribution in [2.45, 2.75) is 31.9 Å². The van der Waals surface area contributed by atoms with Crippen LogP contribution in [0.1, 0.15) is 37.6 Å². The van der Waals surface area contributed by atoms with Crippen molar-refractivity contribution in [3.63, 3.8) is 0 Å². The summed E-state index contributed by atoms with van der Waals surface area (Å²) < 4.78 is 0.319. The van der Waals surface area contributed by atoms with Crippen LogP contribution in [0.25, 0.3) is 0 Å². The minimum absolute atomic E-state index is 0.0919. The molecule has 0 bridgehead atoms. The first kappa shape index (κ1) is 13.4. The molecule has 1 aromatic heterocycles. The lowest BCUT2D eigenvalue weighted by Crippen LogP contribution is -2.29. The molecule has 3 nitrogen and oxygen atoms in total. The molecule has 0 spiro atoms. The van der Waals surface area contributed by atoms with Crippen LogP contribution in [0.5, 0.6) is 0 Å². The molecule has 0 amide bonds. The minimum atomic E-state index is 0.0919. The molecule has 18 heavy (non-hydrogen) atoms. The molecule has 0 unspecified atom stereocenters. The highest BCUT2D eigenvalue weighted by Gasteiger charge is 2.25. The Bertz CT molecular complexity index is 445. The molecule has 2 heterocycles. The van der Waals surface area contributed by atoms with E-state index in [0.29, 0.717) is 4.75 Å². The van der Waals surface area contributed by atoms with E-state index < -0.39 is 0 Å². The summed E-state index contributed by atoms with van der Waals surface area (Å²) in [4.78, 5) is 18.3. The molecule has 0 aromatic carbocycles. The number of carbonyl (C=O) groups is 1. The zero-order valence-corrected chi connectivity index (χ0v) is 12.1. The van der Waals surface area contributed by atoms with Crippen LogP contribution in [0, 0.1) is 0 Å². The van der Waals surface area contributed by atoms with E-state index in [0.717, 1.165) is 36.6 Å². The second kappa shape index (κ2) is 5.31. The third-order valence-corrected chi connectivity index (χ3v) is 4.68. The molecular formula is C14H20N2OS. The second-order valence-electron chi connectivity index (χ2n) is 5.28. The zero-order chi connectivity index (χ0) is 13.2. The molecule has 0 aliphatic carbocycles. The summed E-state index contributed by atoms with van der Waals surface area (Å²) in [5, 5.41) is 0. The first-order valence-electron chi connectivity index (χ1n) is 6.34. The van der Waals surface area contributed by atoms with E-state index in [1.54, 1.807) is 13.1 Å². The van der Waals surface area contributed by atoms with Crippen LogP contribution in [-0.4, -0.2) is 34.4 Å². The Morgan fingerprint density at radius 1 is 1.44 bits per heavy atom. The predicted octanol–water partition coefficient (Wildman–Crippen LogP) is 3.01. The molecule has 0 saturated carbocycles. The van der Waals surface area contributed by atoms with Crippen molar-refractivity contribution in [1.29, 1.82) is 0 Å². The topological polar surface area (TPSA) is 33.2 Å². The summed E-state index contributed by atoms with van der Waals surface area (Å²) in [7, 11) is 0. The molecule has 1 aromatic rings. The van der Waals surface area contributed by atoms with Gasteiger partial charge in [-0.25, -0.2) is 4.98 Å². The lowest BCUT2D eigenvalue weighted by atomic mass is 10.1. The largest absolute Gasteiger partial charge is 0.355 e. The van der Waals surface area contributed by atoms with Gasteiger partial charge in [0.1, 0.15) is 5.82 Å². The Hall–Kier alpha value is -1.03. The lowest BCUT2D eigenvalue weighted by molar-refractivity contribution is 0.101. The average Bonchev–Trinajstić information content (AvgIpc) is 2.50. The van der Waals surface area contributed by atoms with Crippen LogP contribution in [-0.2, 0) is 0 Å². The van der Waals surface area contributed by atoms with Crippen molar-refractivity contribution < 1.29 is 4.79 Å². The van der Waals surface area contributed by atoms with Crippen LogP contribution in [0.3, 0.4) is 0 Å². The Morgan fingerprint density at radius 3 is 2.94 bits per heavy atom. The Morgan fingerprint density at radius 2 is 2.22 bits per heavy atom. The van der Waals surface area contributed by atoms with Gasteiger partial charge in [-0.1, -0.05) is 13.8 Å². The SMILES string of the molecule is CC(=O)c1cccnc1N1CCSC(C)(C)CC1. The number of carbonyl (C=O) groups excluding carboxylic acids is 1. The van der Waals surface area contributed by atoms with Gasteiger partial charge in [0, 0.05) is 29.8 Å². The number of pyridine rings is 1. The van der Waals surface area contributed by atoms with Gasteiger partial charge < -0.3 is 4.90 Å². The fourth-order valence-corrected chi connectivity index (χ4v) is 3.26. The highest BCUT2D eigenvalue weighted by molar-refractivity contribution is 8.00. The van der Waals surface area contributed by atoms with Crippen molar-refractivity contribution in [3.05, 3.63) is 23.9 Å². The Labute approximate surface area is 113 Å². The minimum Gasteiger partial charge on any atom is -0.355 e. The third-order valence-electron chi connectivity index (χ3n) is 3.30. The first-order valence-corrected chi connectivity index (χ1v) is 7.33. The first-order chi connectivity index (χ1) is 8.49. The Balaban J connectivity index is 2.24. The fourth-order valence-electron chi connectivity index (χ4n) is 2.16. The van der Waals surface area contributed by atoms with Gasteiger partial charge in [-0.2, -0.15) is 11.8 Å². The summed E-state index contributed by atoms with van der Waals surface area (Å²) in [5.74, 6) is 2.03. The smallest absolute Gasteiger partial charge is 0.163 e. The van der Waals surface area contributed by atoms with Crippen molar-refractivity contribution in [2.24, 2.45) is 0 Å². The van der Waals surface area contributed by atoms with Crippen molar-refractivity contribution in [2.75, 3.05) is 23.7 Å². The van der Waals surface area contributed by atoms with E-state index in [1.807, 2.05) is 23.9 Å². The maximum absolute atomic E-state index is 11.7. The number of hydrogen-bond acceptors (Lipinski definition) is 4. The number of ketones is 1. The number of rotatable bonds is 2. The number of hydrogen-bond donors (Lipinski definition) is 0. The molecule has 4 heteroatoms. The van der Waals surface area contributed by atoms with Gasteiger partial charge in [0.25, 0.3) is 0 Å². The van der Waals surface area contributed by atoms with Crippen LogP contribution >= 0.6 is 11.8 Å². The number of thioether (sulfide) groups is 1. The van der Waals surface area contributed by atoms with E-state index >= 15 is 0 Å². The zero-order valence-electron chi connectivity index (χ0n) is 11.3. The summed E-state index contributed by atoms with van der Waals surface area (Å²) in [5.41, 5.74) is 0.738. The van der Waals surface area contributed by atoms with E-state index in [1.165, 1.54) is 0 Å². The quantitative estimate of drug-likeness (QED) is 0.769. The van der Waals surface area contributed by atoms with Crippen LogP contribution in [0.2, 0.25) is 0 Å². The van der Waals surface area contributed by atoms with E-state index in [2.05, 4.69) is 23.7 Å². The van der Waals surface area contributed by atoms with Crippen molar-refractivity contribution in [1.82, 2.24) is 4.98 Å². The van der Waals surface area contributed by atoms with Gasteiger partial charge in [0.15, 0.2) is 5.78 Å². The van der Waals surface area contributed by atoms with Crippen LogP contribution < -0.4 is 4.90 Å². The maximum atomic E-state index is 11.7. The molecule has 0 radical (unpaired) electrons. The van der Waals surface area contributed by atoms with E-state index in [9.17, 15) is 4.79 Å². The molecule has 2 rings (SSSR count). The van der Waals surface area contributed by atoms with Gasteiger partial charge in [-0.3, -0.25) is 4.79 Å². The Kier molecular flexibility index (Phi) is 3.95. The molecule has 98 valence electrons. The van der Waals surface area contributed by atoms with Crippen molar-refractivity contribution >= 4 is 23.4 Å². The van der Waals surface area contributed by atoms with Gasteiger partial charge in [0.05, 0.1) is 5.56 Å². The molecule has 1 aliphatic heterocycles. The predicted molar refractivity (Wildman–Crippen MR) is 77.6 cm³/mol. The van der Waals surface area contributed by atoms with E-state index in [4.69, 9.17) is 0 Å². The second-order valence-corrected chi connectivity index (χ2v) is 7.08. The lowest BCUT2D eigenvalue weighted by Gasteiger charge is -2.24. The summed E-state index contributed by atoms with van der Waals surface area (Å²) >= 11 is 2.00. The van der Waals surface area contributed by atoms with Crippen LogP contribution in [0.4, 0.5) is 5.82 Å². The maximum Gasteiger partial charge on any atom is 0.163 e. The van der Waals surface area contributed by atoms with Gasteiger partial charge >= 0.3 is 0 Å². The average molecular weight is 264 g/mol. The monoisotopic (exact) mass is 264 g/mol. The highest BCUT2D eigenvalue weighted by Crippen LogP contribution is 2.32. The summed E-state index contributed by atoms with van der Waals surface area (Å²) in [6.07, 6.45) is 2.89.